The SMILES string of the molecule is C1=C(OC2CCCCC2)C(c2ccccc2)=NOC1. The number of nitrogens with zero attached hydrogens (tertiary/aromatic N) is 1. The Morgan fingerprint density at radius 1 is 1.05 bits per heavy atom. The third-order valence-corrected chi connectivity index (χ3v) is 3.63. The molecule has 1 saturated carbocycles. The summed E-state index contributed by atoms with van der Waals surface area (Å²) in [5, 5.41) is 4.17. The zero-order chi connectivity index (χ0) is 12.9. The van der Waals surface area contributed by atoms with Crippen LogP contribution in [0.2, 0.25) is 0 Å². The van der Waals surface area contributed by atoms with E-state index in [4.69, 9.17) is 9.57 Å². The molecule has 1 aromatic carbocycles. The number of hydrogen-bond donors (Lipinski definition) is 0. The Kier molecular flexibility index (Phi) is 3.82. The van der Waals surface area contributed by atoms with E-state index in [-0.39, 0.29) is 0 Å². The Hall–Kier alpha value is -1.77. The van der Waals surface area contributed by atoms with E-state index in [1.807, 2.05) is 36.4 Å². The molecule has 3 heteroatoms. The lowest BCUT2D eigenvalue weighted by Crippen LogP contribution is -2.22. The quantitative estimate of drug-likeness (QED) is 0.827. The molecule has 19 heavy (non-hydrogen) atoms. The Morgan fingerprint density at radius 2 is 1.84 bits per heavy atom. The average Bonchev–Trinajstić information content (AvgIpc) is 2.50. The summed E-state index contributed by atoms with van der Waals surface area (Å²) < 4.78 is 6.15. The van der Waals surface area contributed by atoms with E-state index in [1.165, 1.54) is 19.3 Å². The largest absolute Gasteiger partial charge is 0.488 e. The van der Waals surface area contributed by atoms with E-state index in [0.717, 1.165) is 29.9 Å². The fourth-order valence-corrected chi connectivity index (χ4v) is 2.61. The highest BCUT2D eigenvalue weighted by molar-refractivity contribution is 6.11. The van der Waals surface area contributed by atoms with Crippen LogP contribution in [-0.2, 0) is 9.57 Å². The third-order valence-electron chi connectivity index (χ3n) is 3.63. The molecule has 1 heterocycles. The monoisotopic (exact) mass is 257 g/mol. The molecule has 0 N–H and O–H groups in total. The van der Waals surface area contributed by atoms with Crippen LogP contribution >= 0.6 is 0 Å². The molecule has 0 radical (unpaired) electrons. The summed E-state index contributed by atoms with van der Waals surface area (Å²) in [5.41, 5.74) is 1.86. The maximum absolute atomic E-state index is 6.15. The summed E-state index contributed by atoms with van der Waals surface area (Å²) in [6.45, 7) is 0.498. The zero-order valence-corrected chi connectivity index (χ0v) is 11.0. The van der Waals surface area contributed by atoms with E-state index in [2.05, 4.69) is 5.16 Å². The molecule has 3 nitrogen and oxygen atoms in total. The molecule has 1 aromatic rings. The number of ether oxygens (including phenoxy) is 1. The molecular weight excluding hydrogens is 238 g/mol. The molecule has 2 aliphatic rings. The van der Waals surface area contributed by atoms with Crippen molar-refractivity contribution in [2.75, 3.05) is 6.61 Å². The lowest BCUT2D eigenvalue weighted by molar-refractivity contribution is 0.0838. The van der Waals surface area contributed by atoms with Crippen LogP contribution < -0.4 is 0 Å². The number of allylic oxidation sites excluding steroid dienone is 1. The van der Waals surface area contributed by atoms with Gasteiger partial charge in [-0.1, -0.05) is 41.9 Å². The standard InChI is InChI=1S/C16H19NO2/c1-3-7-13(8-4-1)16-15(11-12-18-17-16)19-14-9-5-2-6-10-14/h1,3-4,7-8,11,14H,2,5-6,9-10,12H2. The molecule has 0 amide bonds. The predicted octanol–water partition coefficient (Wildman–Crippen LogP) is 3.65. The van der Waals surface area contributed by atoms with Gasteiger partial charge in [0.15, 0.2) is 5.71 Å². The molecule has 3 rings (SSSR count). The number of benzene rings is 1. The Balaban J connectivity index is 1.75. The third kappa shape index (κ3) is 2.98. The van der Waals surface area contributed by atoms with Gasteiger partial charge in [-0.2, -0.15) is 0 Å². The summed E-state index contributed by atoms with van der Waals surface area (Å²) in [5.74, 6) is 0.879. The molecule has 0 spiro atoms. The smallest absolute Gasteiger partial charge is 0.151 e. The van der Waals surface area contributed by atoms with Crippen LogP contribution in [0.3, 0.4) is 0 Å². The highest BCUT2D eigenvalue weighted by Gasteiger charge is 2.21. The van der Waals surface area contributed by atoms with Gasteiger partial charge in [-0.3, -0.25) is 0 Å². The van der Waals surface area contributed by atoms with E-state index < -0.39 is 0 Å². The van der Waals surface area contributed by atoms with Crippen LogP contribution in [0.25, 0.3) is 0 Å². The molecule has 0 saturated heterocycles. The average molecular weight is 257 g/mol. The van der Waals surface area contributed by atoms with Crippen molar-refractivity contribution >= 4 is 5.71 Å². The molecule has 0 aromatic heterocycles. The lowest BCUT2D eigenvalue weighted by atomic mass is 9.97. The first-order valence-electron chi connectivity index (χ1n) is 7.06. The maximum atomic E-state index is 6.15. The topological polar surface area (TPSA) is 30.8 Å². The Bertz CT molecular complexity index is 473. The lowest BCUT2D eigenvalue weighted by Gasteiger charge is -2.26. The Labute approximate surface area is 113 Å². The summed E-state index contributed by atoms with van der Waals surface area (Å²) in [6, 6.07) is 10.1. The molecule has 1 fully saturated rings. The van der Waals surface area contributed by atoms with Gasteiger partial charge in [0, 0.05) is 11.6 Å². The second-order valence-corrected chi connectivity index (χ2v) is 5.05. The number of rotatable bonds is 3. The summed E-state index contributed by atoms with van der Waals surface area (Å²) in [7, 11) is 0. The van der Waals surface area contributed by atoms with Crippen LogP contribution in [-0.4, -0.2) is 18.4 Å². The van der Waals surface area contributed by atoms with E-state index in [1.54, 1.807) is 0 Å². The van der Waals surface area contributed by atoms with Gasteiger partial charge < -0.3 is 9.57 Å². The van der Waals surface area contributed by atoms with Crippen LogP contribution in [0.4, 0.5) is 0 Å². The fraction of sp³-hybridized carbons (Fsp3) is 0.438. The van der Waals surface area contributed by atoms with Gasteiger partial charge in [0.25, 0.3) is 0 Å². The van der Waals surface area contributed by atoms with Gasteiger partial charge in [0.2, 0.25) is 0 Å². The van der Waals surface area contributed by atoms with Crippen molar-refractivity contribution in [1.82, 2.24) is 0 Å². The first-order chi connectivity index (χ1) is 9.43. The van der Waals surface area contributed by atoms with E-state index in [0.29, 0.717) is 12.7 Å². The normalized spacial score (nSPS) is 20.2. The molecule has 1 aliphatic heterocycles. The van der Waals surface area contributed by atoms with Gasteiger partial charge in [-0.15, -0.1) is 0 Å². The first-order valence-corrected chi connectivity index (χ1v) is 7.06. The van der Waals surface area contributed by atoms with Crippen molar-refractivity contribution < 1.29 is 9.57 Å². The van der Waals surface area contributed by atoms with Crippen molar-refractivity contribution in [3.8, 4) is 0 Å². The van der Waals surface area contributed by atoms with Gasteiger partial charge in [0.1, 0.15) is 12.4 Å². The van der Waals surface area contributed by atoms with Crippen molar-refractivity contribution in [2.24, 2.45) is 5.16 Å². The number of hydrogen-bond acceptors (Lipinski definition) is 3. The van der Waals surface area contributed by atoms with Crippen molar-refractivity contribution in [3.05, 3.63) is 47.7 Å². The van der Waals surface area contributed by atoms with Crippen LogP contribution in [0, 0.1) is 0 Å². The minimum atomic E-state index is 0.340. The molecule has 0 unspecified atom stereocenters. The van der Waals surface area contributed by atoms with E-state index >= 15 is 0 Å². The van der Waals surface area contributed by atoms with Gasteiger partial charge in [0.05, 0.1) is 6.10 Å². The number of oxime groups is 1. The van der Waals surface area contributed by atoms with Crippen LogP contribution in [0.15, 0.2) is 47.3 Å². The molecule has 1 aliphatic carbocycles. The fourth-order valence-electron chi connectivity index (χ4n) is 2.61. The van der Waals surface area contributed by atoms with Gasteiger partial charge in [-0.25, -0.2) is 0 Å². The summed E-state index contributed by atoms with van der Waals surface area (Å²) in [6.07, 6.45) is 8.51. The highest BCUT2D eigenvalue weighted by atomic mass is 16.6. The van der Waals surface area contributed by atoms with Crippen LogP contribution in [0.1, 0.15) is 37.7 Å². The summed E-state index contributed by atoms with van der Waals surface area (Å²) >= 11 is 0. The second-order valence-electron chi connectivity index (χ2n) is 5.05. The van der Waals surface area contributed by atoms with Crippen LogP contribution in [0.5, 0.6) is 0 Å². The predicted molar refractivity (Wildman–Crippen MR) is 75.0 cm³/mol. The van der Waals surface area contributed by atoms with Gasteiger partial charge in [-0.05, 0) is 25.7 Å². The molecule has 100 valence electrons. The maximum Gasteiger partial charge on any atom is 0.151 e. The van der Waals surface area contributed by atoms with Crippen molar-refractivity contribution in [1.29, 1.82) is 0 Å². The van der Waals surface area contributed by atoms with E-state index in [9.17, 15) is 0 Å². The molecular formula is C16H19NO2. The minimum absolute atomic E-state index is 0.340. The van der Waals surface area contributed by atoms with Crippen molar-refractivity contribution in [2.45, 2.75) is 38.2 Å². The Morgan fingerprint density at radius 3 is 2.63 bits per heavy atom. The molecule has 0 atom stereocenters. The van der Waals surface area contributed by atoms with Crippen molar-refractivity contribution in [3.63, 3.8) is 0 Å². The molecule has 0 bridgehead atoms. The second kappa shape index (κ2) is 5.91. The van der Waals surface area contributed by atoms with Gasteiger partial charge >= 0.3 is 0 Å². The highest BCUT2D eigenvalue weighted by Crippen LogP contribution is 2.25. The summed E-state index contributed by atoms with van der Waals surface area (Å²) in [4.78, 5) is 5.19. The zero-order valence-electron chi connectivity index (χ0n) is 11.0. The minimum Gasteiger partial charge on any atom is -0.488 e. The first kappa shape index (κ1) is 12.3.